The molecule has 0 fully saturated rings. The maximum absolute atomic E-state index is 3.86. The van der Waals surface area contributed by atoms with Gasteiger partial charge in [-0.1, -0.05) is 82.4 Å². The smallest absolute Gasteiger partial charge is 0.0372 e. The Balaban J connectivity index is 3.44. The molecular weight excluding hydrogens is 302 g/mol. The van der Waals surface area contributed by atoms with Crippen molar-refractivity contribution in [3.63, 3.8) is 0 Å². The van der Waals surface area contributed by atoms with Crippen LogP contribution in [0.1, 0.15) is 96.8 Å². The van der Waals surface area contributed by atoms with E-state index in [1.165, 1.54) is 89.0 Å². The highest BCUT2D eigenvalue weighted by molar-refractivity contribution is 5.55. The standard InChI is InChI=1S/C24H41N/c1-4-6-7-8-9-10-11-12-13-14-15-16-17-18-21-24(20-5-2)22-19-23-25-3/h4-5,19-20,22H,1,6-18,21H2,2-3H3/b20-5-,24-22+. The van der Waals surface area contributed by atoms with E-state index in [4.69, 9.17) is 0 Å². The number of unbranched alkanes of at least 4 members (excludes halogenated alkanes) is 12. The van der Waals surface area contributed by atoms with Crippen LogP contribution in [0.15, 0.2) is 47.5 Å². The number of allylic oxidation sites excluding steroid dienone is 6. The van der Waals surface area contributed by atoms with Gasteiger partial charge in [0.25, 0.3) is 0 Å². The first-order valence-electron chi connectivity index (χ1n) is 10.5. The summed E-state index contributed by atoms with van der Waals surface area (Å²) in [5.74, 6) is 2.87. The third-order valence-corrected chi connectivity index (χ3v) is 4.51. The van der Waals surface area contributed by atoms with Crippen molar-refractivity contribution in [3.05, 3.63) is 42.5 Å². The lowest BCUT2D eigenvalue weighted by Gasteiger charge is -2.04. The third-order valence-electron chi connectivity index (χ3n) is 4.51. The van der Waals surface area contributed by atoms with Crippen LogP contribution in [0.2, 0.25) is 0 Å². The Morgan fingerprint density at radius 3 is 1.84 bits per heavy atom. The molecule has 0 saturated carbocycles. The SMILES string of the molecule is C=CCCCCCCCCCCCCCCC(/C=C\C)=C/C=C=NC. The van der Waals surface area contributed by atoms with Gasteiger partial charge in [0.05, 0.1) is 0 Å². The van der Waals surface area contributed by atoms with Crippen molar-refractivity contribution >= 4 is 5.87 Å². The summed E-state index contributed by atoms with van der Waals surface area (Å²) in [7, 11) is 1.75. The predicted octanol–water partition coefficient (Wildman–Crippen LogP) is 7.99. The van der Waals surface area contributed by atoms with Crippen LogP contribution in [-0.4, -0.2) is 12.9 Å². The Kier molecular flexibility index (Phi) is 19.6. The fraction of sp³-hybridized carbons (Fsp3) is 0.667. The van der Waals surface area contributed by atoms with Crippen LogP contribution < -0.4 is 0 Å². The molecule has 0 aliphatic heterocycles. The summed E-state index contributed by atoms with van der Waals surface area (Å²) in [6.07, 6.45) is 29.4. The summed E-state index contributed by atoms with van der Waals surface area (Å²) in [6.45, 7) is 5.85. The van der Waals surface area contributed by atoms with Gasteiger partial charge >= 0.3 is 0 Å². The van der Waals surface area contributed by atoms with E-state index in [-0.39, 0.29) is 0 Å². The van der Waals surface area contributed by atoms with E-state index < -0.39 is 0 Å². The fourth-order valence-corrected chi connectivity index (χ4v) is 3.04. The number of nitrogens with zero attached hydrogens (tertiary/aromatic N) is 1. The van der Waals surface area contributed by atoms with Crippen molar-refractivity contribution in [1.82, 2.24) is 0 Å². The third kappa shape index (κ3) is 18.8. The molecule has 0 N–H and O–H groups in total. The first-order valence-corrected chi connectivity index (χ1v) is 10.5. The van der Waals surface area contributed by atoms with Crippen LogP contribution in [0, 0.1) is 0 Å². The van der Waals surface area contributed by atoms with Crippen LogP contribution in [0.4, 0.5) is 0 Å². The molecule has 1 nitrogen and oxygen atoms in total. The van der Waals surface area contributed by atoms with Gasteiger partial charge in [0.15, 0.2) is 0 Å². The Morgan fingerprint density at radius 2 is 1.36 bits per heavy atom. The van der Waals surface area contributed by atoms with Gasteiger partial charge in [-0.2, -0.15) is 0 Å². The maximum Gasteiger partial charge on any atom is 0.0372 e. The molecule has 0 aromatic heterocycles. The summed E-state index contributed by atoms with van der Waals surface area (Å²) in [4.78, 5) is 3.86. The lowest BCUT2D eigenvalue weighted by atomic mass is 10.0. The molecule has 0 rings (SSSR count). The molecule has 1 heteroatoms. The second-order valence-corrected chi connectivity index (χ2v) is 6.83. The Morgan fingerprint density at radius 1 is 0.840 bits per heavy atom. The zero-order valence-electron chi connectivity index (χ0n) is 16.9. The van der Waals surface area contributed by atoms with E-state index in [0.29, 0.717) is 0 Å². The largest absolute Gasteiger partial charge is 0.246 e. The van der Waals surface area contributed by atoms with Crippen LogP contribution in [-0.2, 0) is 0 Å². The molecule has 0 aromatic carbocycles. The predicted molar refractivity (Wildman–Crippen MR) is 116 cm³/mol. The van der Waals surface area contributed by atoms with Gasteiger partial charge in [0.1, 0.15) is 0 Å². The molecule has 0 aliphatic rings. The number of hydrogen-bond acceptors (Lipinski definition) is 1. The topological polar surface area (TPSA) is 12.4 Å². The molecule has 0 atom stereocenters. The van der Waals surface area contributed by atoms with Crippen molar-refractivity contribution in [2.45, 2.75) is 96.8 Å². The maximum atomic E-state index is 3.86. The molecule has 0 unspecified atom stereocenters. The van der Waals surface area contributed by atoms with Gasteiger partial charge in [-0.25, -0.2) is 4.99 Å². The molecule has 0 aliphatic carbocycles. The van der Waals surface area contributed by atoms with Crippen molar-refractivity contribution < 1.29 is 0 Å². The fourth-order valence-electron chi connectivity index (χ4n) is 3.04. The average Bonchev–Trinajstić information content (AvgIpc) is 2.62. The first-order chi connectivity index (χ1) is 12.3. The van der Waals surface area contributed by atoms with E-state index in [2.05, 4.69) is 42.6 Å². The van der Waals surface area contributed by atoms with Gasteiger partial charge < -0.3 is 0 Å². The molecule has 0 spiro atoms. The van der Waals surface area contributed by atoms with Crippen molar-refractivity contribution in [3.8, 4) is 0 Å². The second kappa shape index (κ2) is 20.7. The highest BCUT2D eigenvalue weighted by Crippen LogP contribution is 2.15. The van der Waals surface area contributed by atoms with Gasteiger partial charge in [0, 0.05) is 7.05 Å². The van der Waals surface area contributed by atoms with Gasteiger partial charge in [-0.15, -0.1) is 6.58 Å². The van der Waals surface area contributed by atoms with Crippen LogP contribution in [0.5, 0.6) is 0 Å². The van der Waals surface area contributed by atoms with Crippen molar-refractivity contribution in [2.24, 2.45) is 4.99 Å². The lowest BCUT2D eigenvalue weighted by Crippen LogP contribution is -1.84. The Labute approximate surface area is 157 Å². The number of hydrogen-bond donors (Lipinski definition) is 0. The van der Waals surface area contributed by atoms with E-state index in [9.17, 15) is 0 Å². The normalized spacial score (nSPS) is 11.5. The minimum Gasteiger partial charge on any atom is -0.246 e. The van der Waals surface area contributed by atoms with E-state index >= 15 is 0 Å². The molecule has 0 saturated heterocycles. The van der Waals surface area contributed by atoms with Crippen LogP contribution in [0.25, 0.3) is 0 Å². The number of aliphatic imine (C=N–C) groups is 1. The average molecular weight is 344 g/mol. The van der Waals surface area contributed by atoms with E-state index in [1.54, 1.807) is 7.05 Å². The summed E-state index contributed by atoms with van der Waals surface area (Å²) < 4.78 is 0. The van der Waals surface area contributed by atoms with Crippen LogP contribution >= 0.6 is 0 Å². The van der Waals surface area contributed by atoms with Crippen LogP contribution in [0.3, 0.4) is 0 Å². The second-order valence-electron chi connectivity index (χ2n) is 6.83. The molecule has 0 bridgehead atoms. The van der Waals surface area contributed by atoms with Gasteiger partial charge in [-0.3, -0.25) is 0 Å². The monoisotopic (exact) mass is 343 g/mol. The molecule has 25 heavy (non-hydrogen) atoms. The van der Waals surface area contributed by atoms with Crippen molar-refractivity contribution in [2.75, 3.05) is 7.05 Å². The summed E-state index contributed by atoms with van der Waals surface area (Å²) in [6, 6.07) is 0. The quantitative estimate of drug-likeness (QED) is 0.110. The summed E-state index contributed by atoms with van der Waals surface area (Å²) >= 11 is 0. The molecule has 142 valence electrons. The van der Waals surface area contributed by atoms with Gasteiger partial charge in [0.2, 0.25) is 0 Å². The highest BCUT2D eigenvalue weighted by Gasteiger charge is 1.95. The Hall–Kier alpha value is -1.33. The lowest BCUT2D eigenvalue weighted by molar-refractivity contribution is 0.541. The minimum atomic E-state index is 1.16. The molecular formula is C24H41N. The summed E-state index contributed by atoms with van der Waals surface area (Å²) in [5, 5.41) is 0. The highest BCUT2D eigenvalue weighted by atomic mass is 14.6. The minimum absolute atomic E-state index is 1.16. The molecule has 0 radical (unpaired) electrons. The Bertz CT molecular complexity index is 408. The zero-order valence-corrected chi connectivity index (χ0v) is 16.9. The number of rotatable bonds is 17. The molecule has 0 amide bonds. The molecule has 0 aromatic rings. The van der Waals surface area contributed by atoms with E-state index in [0.717, 1.165) is 6.42 Å². The van der Waals surface area contributed by atoms with E-state index in [1.807, 2.05) is 12.2 Å². The van der Waals surface area contributed by atoms with Crippen molar-refractivity contribution in [1.29, 1.82) is 0 Å². The van der Waals surface area contributed by atoms with Gasteiger partial charge in [-0.05, 0) is 56.2 Å². The first kappa shape index (κ1) is 23.7. The summed E-state index contributed by atoms with van der Waals surface area (Å²) in [5.41, 5.74) is 1.38. The molecule has 0 heterocycles. The zero-order chi connectivity index (χ0) is 18.4.